The minimum Gasteiger partial charge on any atom is -0.481 e. The second-order valence-corrected chi connectivity index (χ2v) is 9.16. The Morgan fingerprint density at radius 3 is 2.56 bits per heavy atom. The molecule has 7 nitrogen and oxygen atoms in total. The molecule has 1 aromatic carbocycles. The zero-order chi connectivity index (χ0) is 19.9. The van der Waals surface area contributed by atoms with Gasteiger partial charge in [-0.25, -0.2) is 4.79 Å². The Hall–Kier alpha value is -1.93. The van der Waals surface area contributed by atoms with Gasteiger partial charge in [-0.05, 0) is 38.5 Å². The van der Waals surface area contributed by atoms with Crippen LogP contribution in [0.3, 0.4) is 0 Å². The highest BCUT2D eigenvalue weighted by Crippen LogP contribution is 2.50. The van der Waals surface area contributed by atoms with Crippen molar-refractivity contribution in [2.45, 2.75) is 55.0 Å². The van der Waals surface area contributed by atoms with Gasteiger partial charge < -0.3 is 20.1 Å². The number of thioether (sulfide) groups is 1. The van der Waals surface area contributed by atoms with E-state index in [1.807, 2.05) is 12.1 Å². The van der Waals surface area contributed by atoms with Crippen molar-refractivity contribution in [3.05, 3.63) is 29.8 Å². The van der Waals surface area contributed by atoms with Crippen LogP contribution in [0.2, 0.25) is 0 Å². The van der Waals surface area contributed by atoms with Gasteiger partial charge in [0.25, 0.3) is 5.91 Å². The van der Waals surface area contributed by atoms with Crippen LogP contribution in [0.4, 0.5) is 0 Å². The van der Waals surface area contributed by atoms with Gasteiger partial charge in [0, 0.05) is 10.6 Å². The molecule has 2 aliphatic heterocycles. The minimum absolute atomic E-state index is 0.377. The third kappa shape index (κ3) is 3.60. The van der Waals surface area contributed by atoms with E-state index in [0.717, 1.165) is 5.56 Å². The molecule has 0 aromatic heterocycles. The minimum atomic E-state index is -1.04. The Labute approximate surface area is 166 Å². The molecule has 0 radical (unpaired) electrons. The van der Waals surface area contributed by atoms with E-state index in [0.29, 0.717) is 11.6 Å². The Morgan fingerprint density at radius 2 is 2.00 bits per heavy atom. The number of amides is 2. The molecule has 9 heteroatoms. The van der Waals surface area contributed by atoms with Crippen molar-refractivity contribution in [3.63, 3.8) is 0 Å². The first-order valence-corrected chi connectivity index (χ1v) is 9.92. The maximum Gasteiger partial charge on any atom is 0.327 e. The Bertz CT molecular complexity index is 770. The number of alkyl halides is 1. The van der Waals surface area contributed by atoms with E-state index in [-0.39, 0.29) is 11.3 Å². The molecule has 4 unspecified atom stereocenters. The lowest BCUT2D eigenvalue weighted by atomic mass is 9.96. The number of halogens is 1. The van der Waals surface area contributed by atoms with Gasteiger partial charge in [0.2, 0.25) is 5.91 Å². The number of nitrogens with one attached hydrogen (secondary N) is 1. The van der Waals surface area contributed by atoms with E-state index in [1.165, 1.54) is 16.7 Å². The zero-order valence-electron chi connectivity index (χ0n) is 15.1. The molecule has 0 bridgehead atoms. The van der Waals surface area contributed by atoms with Crippen molar-refractivity contribution in [2.75, 3.05) is 0 Å². The fourth-order valence-electron chi connectivity index (χ4n) is 3.33. The number of hydrogen-bond acceptors (Lipinski definition) is 5. The van der Waals surface area contributed by atoms with Crippen molar-refractivity contribution in [1.82, 2.24) is 10.2 Å². The van der Waals surface area contributed by atoms with Crippen molar-refractivity contribution in [3.8, 4) is 5.75 Å². The van der Waals surface area contributed by atoms with E-state index in [2.05, 4.69) is 5.32 Å². The fraction of sp³-hybridized carbons (Fsp3) is 0.500. The van der Waals surface area contributed by atoms with Gasteiger partial charge in [0.05, 0.1) is 0 Å². The molecule has 27 heavy (non-hydrogen) atoms. The first-order valence-electron chi connectivity index (χ1n) is 8.50. The number of hydrogen-bond donors (Lipinski definition) is 2. The molecule has 146 valence electrons. The zero-order valence-corrected chi connectivity index (χ0v) is 16.7. The van der Waals surface area contributed by atoms with Gasteiger partial charge in [-0.15, -0.1) is 23.4 Å². The number of rotatable bonds is 6. The van der Waals surface area contributed by atoms with Crippen molar-refractivity contribution in [1.29, 1.82) is 0 Å². The Morgan fingerprint density at radius 1 is 1.37 bits per heavy atom. The molecule has 2 N–H and O–H groups in total. The molecular formula is C18H21ClN2O5S. The lowest BCUT2D eigenvalue weighted by Crippen LogP contribution is -2.71. The number of benzene rings is 1. The number of ether oxygens (including phenoxy) is 1. The predicted molar refractivity (Wildman–Crippen MR) is 102 cm³/mol. The van der Waals surface area contributed by atoms with E-state index in [1.54, 1.807) is 32.9 Å². The summed E-state index contributed by atoms with van der Waals surface area (Å²) in [6.45, 7) is 5.17. The Balaban J connectivity index is 1.61. The molecule has 1 aromatic rings. The standard InChI is InChI=1S/C18H21ClN2O5S/c1-9(26-11-6-4-10(8-19)5-7-11)14(22)20-12-15(23)21-13(17(24)25)18(2,3)27-16(12)21/h4-7,9,12-13,16H,8H2,1-3H3,(H,20,22)(H,24,25). The number of β-lactam (4-membered cyclic amide) rings is 1. The van der Waals surface area contributed by atoms with Gasteiger partial charge in [-0.3, -0.25) is 9.59 Å². The summed E-state index contributed by atoms with van der Waals surface area (Å²) in [6, 6.07) is 5.43. The van der Waals surface area contributed by atoms with Gasteiger partial charge in [-0.2, -0.15) is 0 Å². The van der Waals surface area contributed by atoms with Crippen molar-refractivity contribution >= 4 is 41.1 Å². The lowest BCUT2D eigenvalue weighted by molar-refractivity contribution is -0.161. The fourth-order valence-corrected chi connectivity index (χ4v) is 5.13. The second kappa shape index (κ2) is 7.24. The molecule has 2 heterocycles. The summed E-state index contributed by atoms with van der Waals surface area (Å²) in [4.78, 5) is 37.7. The molecule has 0 spiro atoms. The molecule has 0 aliphatic carbocycles. The number of aliphatic carboxylic acids is 1. The van der Waals surface area contributed by atoms with Gasteiger partial charge in [-0.1, -0.05) is 12.1 Å². The highest BCUT2D eigenvalue weighted by Gasteiger charge is 2.64. The van der Waals surface area contributed by atoms with E-state index >= 15 is 0 Å². The van der Waals surface area contributed by atoms with Crippen LogP contribution < -0.4 is 10.1 Å². The molecule has 2 aliphatic rings. The summed E-state index contributed by atoms with van der Waals surface area (Å²) < 4.78 is 4.98. The van der Waals surface area contributed by atoms with E-state index in [9.17, 15) is 19.5 Å². The number of nitrogens with zero attached hydrogens (tertiary/aromatic N) is 1. The summed E-state index contributed by atoms with van der Waals surface area (Å²) in [7, 11) is 0. The summed E-state index contributed by atoms with van der Waals surface area (Å²) in [5.74, 6) is -0.923. The van der Waals surface area contributed by atoms with Crippen molar-refractivity contribution in [2.24, 2.45) is 0 Å². The number of carbonyl (C=O) groups is 3. The molecular weight excluding hydrogens is 392 g/mol. The average molecular weight is 413 g/mol. The van der Waals surface area contributed by atoms with Crippen LogP contribution in [0.5, 0.6) is 5.75 Å². The normalized spacial score (nSPS) is 26.7. The quantitative estimate of drug-likeness (QED) is 0.546. The molecule has 3 rings (SSSR count). The highest BCUT2D eigenvalue weighted by atomic mass is 35.5. The van der Waals surface area contributed by atoms with E-state index < -0.39 is 34.8 Å². The van der Waals surface area contributed by atoms with Gasteiger partial charge in [0.1, 0.15) is 23.2 Å². The summed E-state index contributed by atoms with van der Waals surface area (Å²) in [6.07, 6.45) is -0.802. The third-order valence-electron chi connectivity index (χ3n) is 4.73. The van der Waals surface area contributed by atoms with Crippen LogP contribution in [-0.4, -0.2) is 56.1 Å². The largest absolute Gasteiger partial charge is 0.481 e. The van der Waals surface area contributed by atoms with Gasteiger partial charge >= 0.3 is 5.97 Å². The molecule has 4 atom stereocenters. The van der Waals surface area contributed by atoms with Crippen LogP contribution in [0.25, 0.3) is 0 Å². The smallest absolute Gasteiger partial charge is 0.327 e. The second-order valence-electron chi connectivity index (χ2n) is 7.12. The monoisotopic (exact) mass is 412 g/mol. The topological polar surface area (TPSA) is 95.9 Å². The number of carboxylic acid groups (broad SMARTS) is 1. The van der Waals surface area contributed by atoms with E-state index in [4.69, 9.17) is 16.3 Å². The van der Waals surface area contributed by atoms with Crippen LogP contribution in [0.15, 0.2) is 24.3 Å². The Kier molecular flexibility index (Phi) is 5.31. The first-order chi connectivity index (χ1) is 12.7. The van der Waals surface area contributed by atoms with Crippen LogP contribution in [0.1, 0.15) is 26.3 Å². The number of carboxylic acids is 1. The lowest BCUT2D eigenvalue weighted by Gasteiger charge is -2.43. The summed E-state index contributed by atoms with van der Waals surface area (Å²) in [5.41, 5.74) is 0.940. The average Bonchev–Trinajstić information content (AvgIpc) is 2.88. The van der Waals surface area contributed by atoms with Crippen LogP contribution in [0, 0.1) is 0 Å². The van der Waals surface area contributed by atoms with Crippen LogP contribution in [-0.2, 0) is 20.3 Å². The van der Waals surface area contributed by atoms with Crippen molar-refractivity contribution < 1.29 is 24.2 Å². The predicted octanol–water partition coefficient (Wildman–Crippen LogP) is 1.82. The highest BCUT2D eigenvalue weighted by molar-refractivity contribution is 8.01. The number of fused-ring (bicyclic) bond motifs is 1. The molecule has 0 saturated carbocycles. The SMILES string of the molecule is CC(Oc1ccc(CCl)cc1)C(=O)NC1C(=O)N2C1SC(C)(C)C2C(=O)O. The van der Waals surface area contributed by atoms with Crippen LogP contribution >= 0.6 is 23.4 Å². The summed E-state index contributed by atoms with van der Waals surface area (Å²) in [5, 5.41) is 11.7. The molecule has 2 saturated heterocycles. The maximum atomic E-state index is 12.4. The first kappa shape index (κ1) is 19.8. The van der Waals surface area contributed by atoms with Gasteiger partial charge in [0.15, 0.2) is 6.10 Å². The number of carbonyl (C=O) groups excluding carboxylic acids is 2. The third-order valence-corrected chi connectivity index (χ3v) is 6.61. The summed E-state index contributed by atoms with van der Waals surface area (Å²) >= 11 is 7.13. The molecule has 2 fully saturated rings. The molecule has 2 amide bonds. The maximum absolute atomic E-state index is 12.4.